The van der Waals surface area contributed by atoms with E-state index in [0.29, 0.717) is 12.8 Å². The van der Waals surface area contributed by atoms with Crippen molar-refractivity contribution in [1.29, 1.82) is 0 Å². The molecule has 0 aromatic rings. The van der Waals surface area contributed by atoms with Crippen LogP contribution in [0, 0.1) is 5.92 Å². The summed E-state index contributed by atoms with van der Waals surface area (Å²) in [5, 5.41) is 15.9. The second-order valence-corrected chi connectivity index (χ2v) is 7.92. The lowest BCUT2D eigenvalue weighted by Gasteiger charge is -2.24. The average Bonchev–Trinajstić information content (AvgIpc) is 2.70. The minimum Gasteiger partial charge on any atom is -0.480 e. The fraction of sp³-hybridized carbons (Fsp3) is 0.684. The normalized spacial score (nSPS) is 13.3. The SMILES string of the molecule is CC(C)CC(N)C(=O)NC(CCCN=C(N)N)C(=O)NC(CCC(N)=O)C(=O)NCC(=O)O. The van der Waals surface area contributed by atoms with Crippen molar-refractivity contribution in [2.45, 2.75) is 64.1 Å². The summed E-state index contributed by atoms with van der Waals surface area (Å²) >= 11 is 0. The third-order valence-corrected chi connectivity index (χ3v) is 4.37. The first-order valence-electron chi connectivity index (χ1n) is 10.5. The number of carbonyl (C=O) groups is 5. The zero-order chi connectivity index (χ0) is 25.6. The van der Waals surface area contributed by atoms with Gasteiger partial charge in [0.2, 0.25) is 23.6 Å². The Labute approximate surface area is 192 Å². The second kappa shape index (κ2) is 15.4. The summed E-state index contributed by atoms with van der Waals surface area (Å²) < 4.78 is 0. The number of carbonyl (C=O) groups excluding carboxylic acids is 4. The van der Waals surface area contributed by atoms with Crippen molar-refractivity contribution in [1.82, 2.24) is 16.0 Å². The molecule has 14 heteroatoms. The fourth-order valence-corrected chi connectivity index (χ4v) is 2.78. The molecular weight excluding hydrogens is 436 g/mol. The number of aliphatic carboxylic acids is 1. The molecule has 188 valence electrons. The summed E-state index contributed by atoms with van der Waals surface area (Å²) in [6, 6.07) is -3.17. The molecule has 0 heterocycles. The van der Waals surface area contributed by atoms with Crippen molar-refractivity contribution in [3.05, 3.63) is 0 Å². The van der Waals surface area contributed by atoms with Gasteiger partial charge in [0.25, 0.3) is 0 Å². The minimum atomic E-state index is -1.28. The molecule has 0 saturated heterocycles. The van der Waals surface area contributed by atoms with Crippen LogP contribution in [0.25, 0.3) is 0 Å². The molecule has 0 aliphatic rings. The molecular formula is C19H36N8O6. The van der Waals surface area contributed by atoms with E-state index in [2.05, 4.69) is 20.9 Å². The van der Waals surface area contributed by atoms with Crippen LogP contribution in [-0.2, 0) is 24.0 Å². The van der Waals surface area contributed by atoms with E-state index >= 15 is 0 Å². The third kappa shape index (κ3) is 14.3. The molecule has 12 N–H and O–H groups in total. The maximum Gasteiger partial charge on any atom is 0.322 e. The van der Waals surface area contributed by atoms with E-state index < -0.39 is 54.3 Å². The number of rotatable bonds is 16. The van der Waals surface area contributed by atoms with Gasteiger partial charge in [-0.15, -0.1) is 0 Å². The highest BCUT2D eigenvalue weighted by molar-refractivity contribution is 5.93. The number of nitrogens with zero attached hydrogens (tertiary/aromatic N) is 1. The molecule has 0 fully saturated rings. The highest BCUT2D eigenvalue weighted by Crippen LogP contribution is 2.06. The van der Waals surface area contributed by atoms with Crippen molar-refractivity contribution in [2.24, 2.45) is 33.8 Å². The van der Waals surface area contributed by atoms with E-state index in [-0.39, 0.29) is 37.7 Å². The van der Waals surface area contributed by atoms with Crippen LogP contribution in [0.15, 0.2) is 4.99 Å². The van der Waals surface area contributed by atoms with Gasteiger partial charge in [-0.05, 0) is 31.6 Å². The maximum absolute atomic E-state index is 12.9. The molecule has 3 unspecified atom stereocenters. The van der Waals surface area contributed by atoms with Crippen molar-refractivity contribution < 1.29 is 29.1 Å². The molecule has 0 aromatic heterocycles. The number of primary amides is 1. The van der Waals surface area contributed by atoms with Crippen LogP contribution in [0.2, 0.25) is 0 Å². The highest BCUT2D eigenvalue weighted by Gasteiger charge is 2.28. The molecule has 0 rings (SSSR count). The summed E-state index contributed by atoms with van der Waals surface area (Å²) in [6.45, 7) is 3.31. The number of amides is 4. The van der Waals surface area contributed by atoms with Crippen molar-refractivity contribution in [3.8, 4) is 0 Å². The van der Waals surface area contributed by atoms with Gasteiger partial charge in [0.15, 0.2) is 5.96 Å². The highest BCUT2D eigenvalue weighted by atomic mass is 16.4. The molecule has 4 amide bonds. The number of nitrogens with two attached hydrogens (primary N) is 4. The van der Waals surface area contributed by atoms with Crippen molar-refractivity contribution >= 4 is 35.6 Å². The number of carboxylic acid groups (broad SMARTS) is 1. The Morgan fingerprint density at radius 2 is 1.48 bits per heavy atom. The zero-order valence-corrected chi connectivity index (χ0v) is 19.0. The van der Waals surface area contributed by atoms with Gasteiger partial charge in [-0.2, -0.15) is 0 Å². The molecule has 0 bridgehead atoms. The summed E-state index contributed by atoms with van der Waals surface area (Å²) in [5.74, 6) is -4.04. The quantitative estimate of drug-likeness (QED) is 0.0639. The van der Waals surface area contributed by atoms with E-state index in [4.69, 9.17) is 28.0 Å². The predicted octanol–water partition coefficient (Wildman–Crippen LogP) is -3.15. The Morgan fingerprint density at radius 3 is 2.00 bits per heavy atom. The summed E-state index contributed by atoms with van der Waals surface area (Å²) in [4.78, 5) is 63.3. The first-order valence-corrected chi connectivity index (χ1v) is 10.5. The van der Waals surface area contributed by atoms with Crippen LogP contribution in [0.4, 0.5) is 0 Å². The van der Waals surface area contributed by atoms with Crippen LogP contribution in [0.3, 0.4) is 0 Å². The monoisotopic (exact) mass is 472 g/mol. The number of aliphatic imine (C=N–C) groups is 1. The summed E-state index contributed by atoms with van der Waals surface area (Å²) in [7, 11) is 0. The standard InChI is InChI=1S/C19H36N8O6/c1-10(2)8-11(20)16(31)26-12(4-3-7-24-19(22)23)18(33)27-13(5-6-14(21)28)17(32)25-9-15(29)30/h10-13H,3-9,20H2,1-2H3,(H2,21,28)(H,25,32)(H,26,31)(H,27,33)(H,29,30)(H4,22,23,24). The van der Waals surface area contributed by atoms with Gasteiger partial charge in [-0.1, -0.05) is 13.8 Å². The van der Waals surface area contributed by atoms with E-state index in [1.807, 2.05) is 13.8 Å². The summed E-state index contributed by atoms with van der Waals surface area (Å²) in [5.41, 5.74) is 21.6. The van der Waals surface area contributed by atoms with Crippen LogP contribution in [0.5, 0.6) is 0 Å². The number of nitrogens with one attached hydrogen (secondary N) is 3. The molecule has 0 spiro atoms. The topological polar surface area (TPSA) is 258 Å². The Balaban J connectivity index is 5.41. The molecule has 0 aromatic carbocycles. The van der Waals surface area contributed by atoms with Gasteiger partial charge in [0, 0.05) is 13.0 Å². The van der Waals surface area contributed by atoms with E-state index in [9.17, 15) is 24.0 Å². The lowest BCUT2D eigenvalue weighted by atomic mass is 10.0. The van der Waals surface area contributed by atoms with Gasteiger partial charge in [0.05, 0.1) is 6.04 Å². The molecule has 0 aliphatic heterocycles. The van der Waals surface area contributed by atoms with Crippen molar-refractivity contribution in [2.75, 3.05) is 13.1 Å². The molecule has 33 heavy (non-hydrogen) atoms. The number of guanidine groups is 1. The lowest BCUT2D eigenvalue weighted by molar-refractivity contribution is -0.138. The first kappa shape index (κ1) is 29.6. The molecule has 0 aliphatic carbocycles. The molecule has 0 radical (unpaired) electrons. The number of hydrogen-bond acceptors (Lipinski definition) is 7. The first-order chi connectivity index (χ1) is 15.3. The Kier molecular flexibility index (Phi) is 13.8. The van der Waals surface area contributed by atoms with Gasteiger partial charge < -0.3 is 44.0 Å². The predicted molar refractivity (Wildman–Crippen MR) is 120 cm³/mol. The van der Waals surface area contributed by atoms with Crippen LogP contribution in [-0.4, -0.2) is 71.9 Å². The van der Waals surface area contributed by atoms with Gasteiger partial charge >= 0.3 is 5.97 Å². The Bertz CT molecular complexity index is 723. The zero-order valence-electron chi connectivity index (χ0n) is 19.0. The molecule has 14 nitrogen and oxygen atoms in total. The largest absolute Gasteiger partial charge is 0.480 e. The van der Waals surface area contributed by atoms with Crippen molar-refractivity contribution in [3.63, 3.8) is 0 Å². The van der Waals surface area contributed by atoms with Gasteiger partial charge in [0.1, 0.15) is 18.6 Å². The minimum absolute atomic E-state index is 0.124. The van der Waals surface area contributed by atoms with Crippen LogP contribution in [0.1, 0.15) is 46.0 Å². The van der Waals surface area contributed by atoms with E-state index in [0.717, 1.165) is 0 Å². The fourth-order valence-electron chi connectivity index (χ4n) is 2.78. The summed E-state index contributed by atoms with van der Waals surface area (Å²) in [6.07, 6.45) is 0.460. The molecule has 3 atom stereocenters. The second-order valence-electron chi connectivity index (χ2n) is 7.92. The smallest absolute Gasteiger partial charge is 0.322 e. The lowest BCUT2D eigenvalue weighted by Crippen LogP contribution is -2.56. The number of hydrogen-bond donors (Lipinski definition) is 8. The Morgan fingerprint density at radius 1 is 0.909 bits per heavy atom. The van der Waals surface area contributed by atoms with E-state index in [1.54, 1.807) is 0 Å². The number of carboxylic acids is 1. The van der Waals surface area contributed by atoms with Gasteiger partial charge in [-0.25, -0.2) is 0 Å². The third-order valence-electron chi connectivity index (χ3n) is 4.37. The molecule has 0 saturated carbocycles. The van der Waals surface area contributed by atoms with Gasteiger partial charge in [-0.3, -0.25) is 29.0 Å². The average molecular weight is 473 g/mol. The van der Waals surface area contributed by atoms with E-state index in [1.165, 1.54) is 0 Å². The Hall–Kier alpha value is -3.42. The van der Waals surface area contributed by atoms with Crippen LogP contribution < -0.4 is 38.9 Å². The maximum atomic E-state index is 12.9. The van der Waals surface area contributed by atoms with Crippen LogP contribution >= 0.6 is 0 Å².